The number of fused-ring (bicyclic) bond motifs is 1. The summed E-state index contributed by atoms with van der Waals surface area (Å²) in [5, 5.41) is 2.97. The maximum atomic E-state index is 12.6. The molecule has 3 aliphatic rings. The zero-order chi connectivity index (χ0) is 17.2. The Morgan fingerprint density at radius 2 is 2.24 bits per heavy atom. The van der Waals surface area contributed by atoms with Crippen LogP contribution < -0.4 is 5.32 Å². The number of nitrogens with one attached hydrogen (secondary N) is 1. The van der Waals surface area contributed by atoms with E-state index in [2.05, 4.69) is 10.3 Å². The smallest absolute Gasteiger partial charge is 0.252 e. The van der Waals surface area contributed by atoms with Crippen molar-refractivity contribution in [1.82, 2.24) is 15.2 Å². The van der Waals surface area contributed by atoms with Crippen LogP contribution in [0.5, 0.6) is 0 Å². The summed E-state index contributed by atoms with van der Waals surface area (Å²) in [5.41, 5.74) is 0.558. The molecule has 4 atom stereocenters. The number of rotatable bonds is 4. The number of hydrogen-bond donors (Lipinski definition) is 1. The first kappa shape index (κ1) is 16.5. The summed E-state index contributed by atoms with van der Waals surface area (Å²) in [6.45, 7) is 3.79. The first-order valence-corrected chi connectivity index (χ1v) is 8.88. The van der Waals surface area contributed by atoms with E-state index in [1.807, 2.05) is 4.90 Å². The Hall–Kier alpha value is -1.99. The van der Waals surface area contributed by atoms with E-state index in [0.29, 0.717) is 50.9 Å². The van der Waals surface area contributed by atoms with Gasteiger partial charge in [0.05, 0.1) is 30.8 Å². The van der Waals surface area contributed by atoms with Gasteiger partial charge in [0.25, 0.3) is 5.91 Å². The molecule has 0 aliphatic carbocycles. The average Bonchev–Trinajstić information content (AvgIpc) is 3.37. The summed E-state index contributed by atoms with van der Waals surface area (Å²) < 4.78 is 11.2. The maximum Gasteiger partial charge on any atom is 0.252 e. The monoisotopic (exact) mass is 345 g/mol. The molecule has 0 unspecified atom stereocenters. The van der Waals surface area contributed by atoms with Crippen molar-refractivity contribution in [3.63, 3.8) is 0 Å². The zero-order valence-corrected chi connectivity index (χ0v) is 14.1. The molecule has 7 heteroatoms. The molecule has 7 nitrogen and oxygen atoms in total. The van der Waals surface area contributed by atoms with Crippen molar-refractivity contribution in [2.75, 3.05) is 39.5 Å². The maximum absolute atomic E-state index is 12.6. The van der Waals surface area contributed by atoms with Gasteiger partial charge >= 0.3 is 0 Å². The molecule has 0 bridgehead atoms. The fourth-order valence-electron chi connectivity index (χ4n) is 4.00. The Morgan fingerprint density at radius 3 is 3.00 bits per heavy atom. The van der Waals surface area contributed by atoms with Crippen LogP contribution in [-0.4, -0.2) is 67.3 Å². The Morgan fingerprint density at radius 1 is 1.32 bits per heavy atom. The Kier molecular flexibility index (Phi) is 4.67. The number of pyridine rings is 1. The molecule has 2 amide bonds. The minimum absolute atomic E-state index is 0.00237. The number of ether oxygens (including phenoxy) is 2. The van der Waals surface area contributed by atoms with E-state index in [1.54, 1.807) is 24.5 Å². The van der Waals surface area contributed by atoms with Crippen molar-refractivity contribution in [3.8, 4) is 0 Å². The second-order valence-corrected chi connectivity index (χ2v) is 7.05. The summed E-state index contributed by atoms with van der Waals surface area (Å²) >= 11 is 0. The third kappa shape index (κ3) is 3.39. The van der Waals surface area contributed by atoms with Gasteiger partial charge in [-0.1, -0.05) is 0 Å². The number of amides is 2. The van der Waals surface area contributed by atoms with E-state index < -0.39 is 0 Å². The van der Waals surface area contributed by atoms with Gasteiger partial charge in [0.1, 0.15) is 0 Å². The van der Waals surface area contributed by atoms with E-state index in [9.17, 15) is 9.59 Å². The highest BCUT2D eigenvalue weighted by Crippen LogP contribution is 2.34. The van der Waals surface area contributed by atoms with Crippen LogP contribution in [0.2, 0.25) is 0 Å². The third-order valence-electron chi connectivity index (χ3n) is 5.48. The first-order chi connectivity index (χ1) is 12.2. The predicted molar refractivity (Wildman–Crippen MR) is 88.8 cm³/mol. The van der Waals surface area contributed by atoms with Crippen LogP contribution in [0.4, 0.5) is 0 Å². The Balaban J connectivity index is 1.31. The molecule has 4 heterocycles. The van der Waals surface area contributed by atoms with Gasteiger partial charge in [0.2, 0.25) is 5.91 Å². The number of likely N-dealkylation sites (tertiary alicyclic amines) is 1. The molecule has 3 saturated heterocycles. The molecule has 3 aliphatic heterocycles. The van der Waals surface area contributed by atoms with Crippen molar-refractivity contribution in [2.45, 2.75) is 12.5 Å². The summed E-state index contributed by atoms with van der Waals surface area (Å²) in [4.78, 5) is 30.6. The van der Waals surface area contributed by atoms with E-state index in [0.717, 1.165) is 6.42 Å². The van der Waals surface area contributed by atoms with E-state index in [1.165, 1.54) is 0 Å². The standard InChI is InChI=1S/C18H23N3O4/c22-17(12-2-1-4-19-6-12)20-7-14-11-25-16-9-21(8-15(14)16)18(23)13-3-5-24-10-13/h1-2,4,6,13-16H,3,5,7-11H2,(H,20,22)/t13-,14+,15-,16-/m1/s1. The van der Waals surface area contributed by atoms with Crippen molar-refractivity contribution >= 4 is 11.8 Å². The highest BCUT2D eigenvalue weighted by Gasteiger charge is 2.46. The second kappa shape index (κ2) is 7.09. The molecule has 3 fully saturated rings. The number of nitrogens with zero attached hydrogens (tertiary/aromatic N) is 2. The molecule has 1 aromatic rings. The molecular formula is C18H23N3O4. The number of aromatic nitrogens is 1. The van der Waals surface area contributed by atoms with E-state index in [-0.39, 0.29) is 29.8 Å². The largest absolute Gasteiger partial charge is 0.381 e. The molecule has 0 radical (unpaired) electrons. The van der Waals surface area contributed by atoms with Crippen LogP contribution in [0.3, 0.4) is 0 Å². The minimum Gasteiger partial charge on any atom is -0.381 e. The average molecular weight is 345 g/mol. The van der Waals surface area contributed by atoms with Gasteiger partial charge in [-0.15, -0.1) is 0 Å². The minimum atomic E-state index is -0.120. The second-order valence-electron chi connectivity index (χ2n) is 7.05. The van der Waals surface area contributed by atoms with Gasteiger partial charge in [-0.3, -0.25) is 14.6 Å². The van der Waals surface area contributed by atoms with Crippen LogP contribution in [-0.2, 0) is 14.3 Å². The SMILES string of the molecule is O=C(NC[C@H]1CO[C@@H]2CN(C(=O)[C@@H]3CCOC3)C[C@H]12)c1cccnc1. The van der Waals surface area contributed by atoms with Crippen molar-refractivity contribution in [1.29, 1.82) is 0 Å². The van der Waals surface area contributed by atoms with Gasteiger partial charge in [-0.2, -0.15) is 0 Å². The lowest BCUT2D eigenvalue weighted by atomic mass is 9.93. The van der Waals surface area contributed by atoms with Gasteiger partial charge in [-0.05, 0) is 18.6 Å². The molecule has 0 spiro atoms. The highest BCUT2D eigenvalue weighted by atomic mass is 16.5. The van der Waals surface area contributed by atoms with Crippen LogP contribution in [0.25, 0.3) is 0 Å². The first-order valence-electron chi connectivity index (χ1n) is 8.88. The van der Waals surface area contributed by atoms with Gasteiger partial charge in [0, 0.05) is 50.5 Å². The molecule has 0 aromatic carbocycles. The lowest BCUT2D eigenvalue weighted by Crippen LogP contribution is -2.38. The van der Waals surface area contributed by atoms with Crippen molar-refractivity contribution in [2.24, 2.45) is 17.8 Å². The van der Waals surface area contributed by atoms with E-state index in [4.69, 9.17) is 9.47 Å². The van der Waals surface area contributed by atoms with Crippen molar-refractivity contribution in [3.05, 3.63) is 30.1 Å². The number of hydrogen-bond acceptors (Lipinski definition) is 5. The summed E-state index contributed by atoms with van der Waals surface area (Å²) in [7, 11) is 0. The zero-order valence-electron chi connectivity index (χ0n) is 14.1. The lowest BCUT2D eigenvalue weighted by molar-refractivity contribution is -0.135. The highest BCUT2D eigenvalue weighted by molar-refractivity contribution is 5.93. The third-order valence-corrected chi connectivity index (χ3v) is 5.48. The van der Waals surface area contributed by atoms with E-state index >= 15 is 0 Å². The molecule has 134 valence electrons. The number of carbonyl (C=O) groups excluding carboxylic acids is 2. The fraction of sp³-hybridized carbons (Fsp3) is 0.611. The molecule has 0 saturated carbocycles. The molecular weight excluding hydrogens is 322 g/mol. The lowest BCUT2D eigenvalue weighted by Gasteiger charge is -2.22. The predicted octanol–water partition coefficient (Wildman–Crippen LogP) is 0.321. The Bertz CT molecular complexity index is 632. The molecule has 4 rings (SSSR count). The van der Waals surface area contributed by atoms with Gasteiger partial charge in [-0.25, -0.2) is 0 Å². The normalized spacial score (nSPS) is 31.1. The summed E-state index contributed by atoms with van der Waals surface area (Å²) in [6, 6.07) is 3.49. The quantitative estimate of drug-likeness (QED) is 0.850. The molecule has 1 aromatic heterocycles. The molecule has 1 N–H and O–H groups in total. The fourth-order valence-corrected chi connectivity index (χ4v) is 4.00. The topological polar surface area (TPSA) is 80.8 Å². The van der Waals surface area contributed by atoms with Crippen LogP contribution >= 0.6 is 0 Å². The summed E-state index contributed by atoms with van der Waals surface area (Å²) in [5.74, 6) is 0.602. The van der Waals surface area contributed by atoms with Crippen LogP contribution in [0.1, 0.15) is 16.8 Å². The van der Waals surface area contributed by atoms with Crippen LogP contribution in [0.15, 0.2) is 24.5 Å². The van der Waals surface area contributed by atoms with Gasteiger partial charge < -0.3 is 19.7 Å². The molecule has 25 heavy (non-hydrogen) atoms. The van der Waals surface area contributed by atoms with Crippen molar-refractivity contribution < 1.29 is 19.1 Å². The van der Waals surface area contributed by atoms with Gasteiger partial charge in [0.15, 0.2) is 0 Å². The number of carbonyl (C=O) groups is 2. The van der Waals surface area contributed by atoms with Crippen LogP contribution in [0, 0.1) is 17.8 Å². The Labute approximate surface area is 146 Å². The summed E-state index contributed by atoms with van der Waals surface area (Å²) in [6.07, 6.45) is 4.11.